The van der Waals surface area contributed by atoms with Crippen molar-refractivity contribution in [1.29, 1.82) is 0 Å². The van der Waals surface area contributed by atoms with Crippen LogP contribution in [-0.4, -0.2) is 46.9 Å². The summed E-state index contributed by atoms with van der Waals surface area (Å²) in [5.74, 6) is 0.299. The average molecular weight is 395 g/mol. The molecule has 0 spiro atoms. The van der Waals surface area contributed by atoms with E-state index in [-0.39, 0.29) is 17.8 Å². The van der Waals surface area contributed by atoms with Crippen molar-refractivity contribution in [3.8, 4) is 0 Å². The average Bonchev–Trinajstić information content (AvgIpc) is 3.40. The van der Waals surface area contributed by atoms with Crippen LogP contribution in [0.25, 0.3) is 16.7 Å². The van der Waals surface area contributed by atoms with Gasteiger partial charge in [-0.1, -0.05) is 24.3 Å². The number of carbonyl (C=O) groups is 1. The second-order valence-electron chi connectivity index (χ2n) is 7.27. The smallest absolute Gasteiger partial charge is 0.294 e. The highest BCUT2D eigenvalue weighted by Crippen LogP contribution is 2.38. The van der Waals surface area contributed by atoms with E-state index < -0.39 is 0 Å². The van der Waals surface area contributed by atoms with E-state index in [0.717, 1.165) is 23.3 Å². The minimum atomic E-state index is -0.338. The zero-order valence-corrected chi connectivity index (χ0v) is 15.9. The number of hydrogen-bond acceptors (Lipinski definition) is 5. The molecule has 1 unspecified atom stereocenters. The number of rotatable bonds is 2. The van der Waals surface area contributed by atoms with E-state index in [4.69, 9.17) is 0 Å². The summed E-state index contributed by atoms with van der Waals surface area (Å²) in [7, 11) is 0. The third-order valence-corrected chi connectivity index (χ3v) is 5.57. The number of nitrogens with zero attached hydrogens (tertiary/aromatic N) is 6. The van der Waals surface area contributed by atoms with Crippen molar-refractivity contribution in [2.45, 2.75) is 12.5 Å². The van der Waals surface area contributed by atoms with Crippen molar-refractivity contribution in [2.75, 3.05) is 6.54 Å². The molecule has 1 N–H and O–H groups in total. The monoisotopic (exact) mass is 395 g/mol. The van der Waals surface area contributed by atoms with Gasteiger partial charge in [0.2, 0.25) is 5.82 Å². The Labute approximate surface area is 171 Å². The van der Waals surface area contributed by atoms with E-state index in [1.165, 1.54) is 15.5 Å². The minimum Gasteiger partial charge on any atom is -0.356 e. The Balaban J connectivity index is 1.50. The van der Waals surface area contributed by atoms with Gasteiger partial charge in [0.1, 0.15) is 6.04 Å². The normalized spacial score (nSPS) is 16.1. The van der Waals surface area contributed by atoms with Crippen molar-refractivity contribution in [3.05, 3.63) is 89.9 Å². The molecule has 1 amide bonds. The van der Waals surface area contributed by atoms with Crippen molar-refractivity contribution >= 4 is 22.6 Å². The SMILES string of the molecule is O=C(c1nc2ncccn2n1)N1CCc2c([nH]c3ccccc23)C1c1ccccn1. The number of nitrogens with one attached hydrogen (secondary N) is 1. The standard InChI is InChI=1S/C22H17N7O/c30-21(20-26-22-24-11-5-12-29(22)27-20)28-13-9-15-14-6-1-2-7-16(14)25-18(15)19(28)17-8-3-4-10-23-17/h1-8,10-12,19,25H,9,13H2. The van der Waals surface area contributed by atoms with E-state index >= 15 is 0 Å². The predicted molar refractivity (Wildman–Crippen MR) is 110 cm³/mol. The van der Waals surface area contributed by atoms with Crippen molar-refractivity contribution in [2.24, 2.45) is 0 Å². The molecule has 5 aromatic rings. The van der Waals surface area contributed by atoms with Gasteiger partial charge < -0.3 is 9.88 Å². The van der Waals surface area contributed by atoms with Crippen LogP contribution in [0.3, 0.4) is 0 Å². The molecule has 0 radical (unpaired) electrons. The largest absolute Gasteiger partial charge is 0.356 e. The Bertz CT molecular complexity index is 1360. The number of hydrogen-bond donors (Lipinski definition) is 1. The maximum Gasteiger partial charge on any atom is 0.294 e. The lowest BCUT2D eigenvalue weighted by Gasteiger charge is -2.34. The molecule has 8 nitrogen and oxygen atoms in total. The molecule has 1 atom stereocenters. The molecule has 5 heterocycles. The van der Waals surface area contributed by atoms with Crippen LogP contribution in [0.2, 0.25) is 0 Å². The maximum absolute atomic E-state index is 13.5. The van der Waals surface area contributed by atoms with Crippen LogP contribution in [0.5, 0.6) is 0 Å². The Morgan fingerprint density at radius 1 is 1.03 bits per heavy atom. The first kappa shape index (κ1) is 16.8. The number of carbonyl (C=O) groups excluding carboxylic acids is 1. The molecule has 4 aromatic heterocycles. The van der Waals surface area contributed by atoms with Crippen molar-refractivity contribution in [3.63, 3.8) is 0 Å². The number of para-hydroxylation sites is 1. The molecule has 6 rings (SSSR count). The first-order valence-corrected chi connectivity index (χ1v) is 9.78. The Morgan fingerprint density at radius 3 is 2.77 bits per heavy atom. The third-order valence-electron chi connectivity index (χ3n) is 5.57. The molecule has 0 bridgehead atoms. The number of fused-ring (bicyclic) bond motifs is 4. The maximum atomic E-state index is 13.5. The van der Waals surface area contributed by atoms with Gasteiger partial charge in [0.15, 0.2) is 0 Å². The summed E-state index contributed by atoms with van der Waals surface area (Å²) in [6.45, 7) is 0.553. The van der Waals surface area contributed by atoms with Gasteiger partial charge in [-0.15, -0.1) is 5.10 Å². The first-order chi connectivity index (χ1) is 14.8. The molecule has 1 aromatic carbocycles. The summed E-state index contributed by atoms with van der Waals surface area (Å²) in [6, 6.07) is 15.4. The number of aromatic nitrogens is 6. The third kappa shape index (κ3) is 2.50. The van der Waals surface area contributed by atoms with Crippen LogP contribution < -0.4 is 0 Å². The van der Waals surface area contributed by atoms with E-state index in [2.05, 4.69) is 37.2 Å². The summed E-state index contributed by atoms with van der Waals surface area (Å²) < 4.78 is 1.52. The van der Waals surface area contributed by atoms with Gasteiger partial charge in [-0.05, 0) is 36.2 Å². The summed E-state index contributed by atoms with van der Waals surface area (Å²) in [6.07, 6.45) is 5.86. The number of amides is 1. The van der Waals surface area contributed by atoms with Crippen LogP contribution in [0, 0.1) is 0 Å². The molecular weight excluding hydrogens is 378 g/mol. The van der Waals surface area contributed by atoms with Crippen LogP contribution in [0.15, 0.2) is 67.1 Å². The number of pyridine rings is 1. The zero-order chi connectivity index (χ0) is 20.1. The van der Waals surface area contributed by atoms with Gasteiger partial charge >= 0.3 is 0 Å². The summed E-state index contributed by atoms with van der Waals surface area (Å²) in [5.41, 5.74) is 4.10. The molecular formula is C22H17N7O. The van der Waals surface area contributed by atoms with Gasteiger partial charge in [0, 0.05) is 41.7 Å². The number of H-pyrrole nitrogens is 1. The molecule has 0 saturated heterocycles. The van der Waals surface area contributed by atoms with E-state index in [1.807, 2.05) is 30.3 Å². The lowest BCUT2D eigenvalue weighted by Crippen LogP contribution is -2.41. The van der Waals surface area contributed by atoms with E-state index in [1.54, 1.807) is 29.6 Å². The Hall–Kier alpha value is -4.07. The van der Waals surface area contributed by atoms with Crippen LogP contribution in [0.1, 0.15) is 33.6 Å². The number of aromatic amines is 1. The van der Waals surface area contributed by atoms with Gasteiger partial charge in [-0.3, -0.25) is 9.78 Å². The Kier molecular flexibility index (Phi) is 3.64. The molecule has 1 aliphatic heterocycles. The topological polar surface area (TPSA) is 92.1 Å². The molecule has 30 heavy (non-hydrogen) atoms. The van der Waals surface area contributed by atoms with Gasteiger partial charge in [-0.25, -0.2) is 9.50 Å². The van der Waals surface area contributed by atoms with Crippen LogP contribution in [-0.2, 0) is 6.42 Å². The van der Waals surface area contributed by atoms with Gasteiger partial charge in [-0.2, -0.15) is 4.98 Å². The molecule has 0 fully saturated rings. The molecule has 8 heteroatoms. The van der Waals surface area contributed by atoms with E-state index in [0.29, 0.717) is 12.3 Å². The fourth-order valence-corrected chi connectivity index (χ4v) is 4.26. The molecule has 1 aliphatic rings. The Morgan fingerprint density at radius 2 is 1.90 bits per heavy atom. The summed E-state index contributed by atoms with van der Waals surface area (Å²) >= 11 is 0. The summed E-state index contributed by atoms with van der Waals surface area (Å²) in [4.78, 5) is 31.9. The van der Waals surface area contributed by atoms with Crippen LogP contribution in [0.4, 0.5) is 0 Å². The van der Waals surface area contributed by atoms with Crippen molar-refractivity contribution < 1.29 is 4.79 Å². The molecule has 0 aliphatic carbocycles. The second kappa shape index (κ2) is 6.48. The molecule has 0 saturated carbocycles. The van der Waals surface area contributed by atoms with Gasteiger partial charge in [0.05, 0.1) is 5.69 Å². The first-order valence-electron chi connectivity index (χ1n) is 9.78. The zero-order valence-electron chi connectivity index (χ0n) is 15.9. The van der Waals surface area contributed by atoms with E-state index in [9.17, 15) is 4.79 Å². The minimum absolute atomic E-state index is 0.134. The lowest BCUT2D eigenvalue weighted by molar-refractivity contribution is 0.0676. The van der Waals surface area contributed by atoms with Gasteiger partial charge in [0.25, 0.3) is 11.7 Å². The number of benzene rings is 1. The fourth-order valence-electron chi connectivity index (χ4n) is 4.26. The van der Waals surface area contributed by atoms with Crippen LogP contribution >= 0.6 is 0 Å². The fraction of sp³-hybridized carbons (Fsp3) is 0.136. The second-order valence-corrected chi connectivity index (χ2v) is 7.27. The highest BCUT2D eigenvalue weighted by molar-refractivity contribution is 5.92. The van der Waals surface area contributed by atoms with Crippen molar-refractivity contribution in [1.82, 2.24) is 34.4 Å². The lowest BCUT2D eigenvalue weighted by atomic mass is 9.94. The highest BCUT2D eigenvalue weighted by atomic mass is 16.2. The molecule has 146 valence electrons. The predicted octanol–water partition coefficient (Wildman–Crippen LogP) is 2.79. The highest BCUT2D eigenvalue weighted by Gasteiger charge is 2.37. The summed E-state index contributed by atoms with van der Waals surface area (Å²) in [5, 5.41) is 5.53. The quantitative estimate of drug-likeness (QED) is 0.496.